The molecule has 244 valence electrons. The van der Waals surface area contributed by atoms with Gasteiger partial charge in [0.25, 0.3) is 11.1 Å². The fourth-order valence-electron chi connectivity index (χ4n) is 4.88. The van der Waals surface area contributed by atoms with Crippen LogP contribution in [0.15, 0.2) is 88.4 Å². The van der Waals surface area contributed by atoms with E-state index in [1.165, 1.54) is 49.6 Å². The number of hydrogen-bond donors (Lipinski definition) is 2. The van der Waals surface area contributed by atoms with E-state index in [-0.39, 0.29) is 34.9 Å². The number of aromatic nitrogens is 8. The van der Waals surface area contributed by atoms with Gasteiger partial charge in [-0.25, -0.2) is 32.9 Å². The van der Waals surface area contributed by atoms with Gasteiger partial charge in [-0.3, -0.25) is 27.8 Å². The summed E-state index contributed by atoms with van der Waals surface area (Å²) in [6, 6.07) is 5.27. The highest BCUT2D eigenvalue weighted by atomic mass is 32.2. The minimum Gasteiger partial charge on any atom is -0.404 e. The lowest BCUT2D eigenvalue weighted by Crippen LogP contribution is -2.21. The summed E-state index contributed by atoms with van der Waals surface area (Å²) in [5, 5.41) is 0. The normalized spacial score (nSPS) is 21.3. The van der Waals surface area contributed by atoms with E-state index in [1.54, 1.807) is 33.4 Å². The smallest absolute Gasteiger partial charge is 0.404 e. The zero-order valence-electron chi connectivity index (χ0n) is 24.3. The Morgan fingerprint density at radius 1 is 0.787 bits per heavy atom. The lowest BCUT2D eigenvalue weighted by Gasteiger charge is -2.22. The lowest BCUT2D eigenvalue weighted by atomic mass is 10.3. The summed E-state index contributed by atoms with van der Waals surface area (Å²) in [6.45, 7) is -0.533. The largest absolute Gasteiger partial charge is 0.530 e. The minimum absolute atomic E-state index is 0.0321. The van der Waals surface area contributed by atoms with Crippen molar-refractivity contribution in [2.24, 2.45) is 0 Å². The quantitative estimate of drug-likeness (QED) is 0.149. The van der Waals surface area contributed by atoms with Crippen LogP contribution in [0.3, 0.4) is 0 Å². The van der Waals surface area contributed by atoms with Crippen LogP contribution in [-0.2, 0) is 32.9 Å². The van der Waals surface area contributed by atoms with E-state index in [9.17, 15) is 22.6 Å². The van der Waals surface area contributed by atoms with Gasteiger partial charge in [-0.1, -0.05) is 12.2 Å². The van der Waals surface area contributed by atoms with Crippen molar-refractivity contribution in [2.75, 3.05) is 19.5 Å². The molecule has 0 unspecified atom stereocenters. The molecule has 0 amide bonds. The number of phosphoric ester groups is 1. The Morgan fingerprint density at radius 3 is 1.74 bits per heavy atom. The number of rotatable bonds is 11. The van der Waals surface area contributed by atoms with E-state index in [0.29, 0.717) is 11.3 Å². The predicted molar refractivity (Wildman–Crippen MR) is 162 cm³/mol. The van der Waals surface area contributed by atoms with Crippen LogP contribution in [0.2, 0.25) is 0 Å². The van der Waals surface area contributed by atoms with Crippen LogP contribution in [0.5, 0.6) is 5.75 Å². The van der Waals surface area contributed by atoms with Gasteiger partial charge in [0.1, 0.15) is 18.0 Å². The average molecular weight is 685 g/mol. The number of H-pyrrole nitrogens is 2. The first-order valence-corrected chi connectivity index (χ1v) is 17.3. The number of ether oxygens (including phenoxy) is 2. The molecule has 6 heterocycles. The summed E-state index contributed by atoms with van der Waals surface area (Å²) in [5.74, 6) is 0.0321. The molecule has 2 aliphatic rings. The molecule has 2 N–H and O–H groups in total. The number of phosphoric acid groups is 1. The molecule has 0 bridgehead atoms. The Bertz CT molecular complexity index is 2180. The van der Waals surface area contributed by atoms with Crippen LogP contribution in [0.25, 0.3) is 22.3 Å². The zero-order chi connectivity index (χ0) is 32.8. The average Bonchev–Trinajstić information content (AvgIpc) is 3.85. The number of aromatic amines is 2. The molecule has 0 spiro atoms. The second-order valence-corrected chi connectivity index (χ2v) is 14.0. The van der Waals surface area contributed by atoms with Crippen molar-refractivity contribution in [1.82, 2.24) is 39.0 Å². The number of benzene rings is 1. The van der Waals surface area contributed by atoms with Crippen LogP contribution in [0, 0.1) is 0 Å². The van der Waals surface area contributed by atoms with Gasteiger partial charge < -0.3 is 24.0 Å². The Morgan fingerprint density at radius 2 is 1.28 bits per heavy atom. The fraction of sp³-hybridized carbons (Fsp3) is 0.259. The molecule has 7 rings (SSSR count). The lowest BCUT2D eigenvalue weighted by molar-refractivity contribution is -0.0205. The number of sulfone groups is 1. The number of nitrogens with one attached hydrogen (secondary N) is 2. The van der Waals surface area contributed by atoms with E-state index in [0.717, 1.165) is 6.26 Å². The maximum Gasteiger partial charge on any atom is 0.530 e. The molecule has 2 aliphatic heterocycles. The number of imidazole rings is 2. The zero-order valence-corrected chi connectivity index (χ0v) is 26.0. The molecule has 47 heavy (non-hydrogen) atoms. The molecule has 0 saturated heterocycles. The molecule has 0 saturated carbocycles. The molecule has 20 heteroatoms. The highest BCUT2D eigenvalue weighted by Gasteiger charge is 2.34. The molecule has 5 aromatic rings. The van der Waals surface area contributed by atoms with E-state index in [2.05, 4.69) is 29.9 Å². The van der Waals surface area contributed by atoms with Crippen LogP contribution < -0.4 is 15.6 Å². The minimum atomic E-state index is -4.38. The summed E-state index contributed by atoms with van der Waals surface area (Å²) < 4.78 is 69.9. The van der Waals surface area contributed by atoms with Crippen molar-refractivity contribution < 1.29 is 36.0 Å². The number of nitrogens with zero attached hydrogens (tertiary/aromatic N) is 6. The molecule has 0 radical (unpaired) electrons. The summed E-state index contributed by atoms with van der Waals surface area (Å²) in [5.41, 5.74) is 0.132. The van der Waals surface area contributed by atoms with Crippen molar-refractivity contribution >= 4 is 40.0 Å². The monoisotopic (exact) mass is 684 g/mol. The maximum absolute atomic E-state index is 14.0. The van der Waals surface area contributed by atoms with E-state index >= 15 is 0 Å². The summed E-state index contributed by atoms with van der Waals surface area (Å²) in [4.78, 5) is 45.5. The van der Waals surface area contributed by atoms with Gasteiger partial charge in [0.15, 0.2) is 44.6 Å². The highest BCUT2D eigenvalue weighted by molar-refractivity contribution is 7.90. The molecule has 1 aromatic carbocycles. The summed E-state index contributed by atoms with van der Waals surface area (Å²) in [7, 11) is -7.87. The molecule has 0 aliphatic carbocycles. The molecule has 18 nitrogen and oxygen atoms in total. The van der Waals surface area contributed by atoms with Gasteiger partial charge in [0, 0.05) is 6.26 Å². The second kappa shape index (κ2) is 12.1. The first-order valence-electron chi connectivity index (χ1n) is 13.9. The van der Waals surface area contributed by atoms with Crippen LogP contribution in [0.4, 0.5) is 0 Å². The summed E-state index contributed by atoms with van der Waals surface area (Å²) >= 11 is 0. The Balaban J connectivity index is 1.04. The van der Waals surface area contributed by atoms with Crippen molar-refractivity contribution in [3.63, 3.8) is 0 Å². The van der Waals surface area contributed by atoms with Crippen molar-refractivity contribution in [3.8, 4) is 5.75 Å². The molecule has 4 aromatic heterocycles. The van der Waals surface area contributed by atoms with E-state index < -0.39 is 53.4 Å². The van der Waals surface area contributed by atoms with E-state index in [1.807, 2.05) is 0 Å². The van der Waals surface area contributed by atoms with Crippen molar-refractivity contribution in [1.29, 1.82) is 0 Å². The third-order valence-electron chi connectivity index (χ3n) is 7.15. The second-order valence-electron chi connectivity index (χ2n) is 10.4. The first-order chi connectivity index (χ1) is 22.6. The van der Waals surface area contributed by atoms with Crippen LogP contribution >= 0.6 is 7.82 Å². The first kappa shape index (κ1) is 30.9. The highest BCUT2D eigenvalue weighted by Crippen LogP contribution is 2.50. The maximum atomic E-state index is 14.0. The van der Waals surface area contributed by atoms with Gasteiger partial charge in [-0.05, 0) is 36.4 Å². The third-order valence-corrected chi connectivity index (χ3v) is 9.64. The molecule has 4 atom stereocenters. The van der Waals surface area contributed by atoms with Gasteiger partial charge >= 0.3 is 7.82 Å². The van der Waals surface area contributed by atoms with Crippen LogP contribution in [0.1, 0.15) is 12.5 Å². The predicted octanol–water partition coefficient (Wildman–Crippen LogP) is 1.78. The van der Waals surface area contributed by atoms with Crippen LogP contribution in [-0.4, -0.2) is 79.1 Å². The Labute approximate surface area is 264 Å². The topological polar surface area (TPSA) is 224 Å². The fourth-order valence-corrected chi connectivity index (χ4v) is 6.73. The SMILES string of the molecule is CS(=O)(=O)c1ccc(OP(=O)(OC[C@@H]2C=C[C@H](n3cnc4c(=O)[nH]cnc43)O2)OC[C@@H]2C=C[C@H](n3cnc4c(=O)[nH]cnc43)O2)cc1. The van der Waals surface area contributed by atoms with Gasteiger partial charge in [-0.15, -0.1) is 0 Å². The molecule has 0 fully saturated rings. The Hall–Kier alpha value is -4.78. The molecular weight excluding hydrogens is 659 g/mol. The van der Waals surface area contributed by atoms with Gasteiger partial charge in [0.2, 0.25) is 0 Å². The van der Waals surface area contributed by atoms with Crippen molar-refractivity contribution in [2.45, 2.75) is 29.6 Å². The van der Waals surface area contributed by atoms with Gasteiger partial charge in [0.05, 0.1) is 43.4 Å². The Kier molecular flexibility index (Phi) is 7.95. The summed E-state index contributed by atoms with van der Waals surface area (Å²) in [6.07, 6.45) is 10.4. The standard InChI is InChI=1S/C27H25N8O10PS/c1-47(39,40)19-6-2-16(3-7-19)45-46(38,41-10-17-4-8-20(43-17)34-14-32-22-24(34)28-12-30-26(22)36)42-11-18-5-9-21(44-18)35-15-33-23-25(35)29-13-31-27(23)37/h2-9,12-15,17-18,20-21H,10-11H2,1H3,(H,28,30,36)(H,29,31,37)/t17-,18-,20+,21+/m0/s1. The number of fused-ring (bicyclic) bond motifs is 2. The third kappa shape index (κ3) is 6.31. The number of hydrogen-bond acceptors (Lipinski definition) is 14. The molecular formula is C27H25N8O10PS. The van der Waals surface area contributed by atoms with E-state index in [4.69, 9.17) is 23.0 Å². The van der Waals surface area contributed by atoms with Gasteiger partial charge in [-0.2, -0.15) is 0 Å². The van der Waals surface area contributed by atoms with Crippen molar-refractivity contribution in [3.05, 3.63) is 94.6 Å².